The quantitative estimate of drug-likeness (QED) is 0.353. The third-order valence-electron chi connectivity index (χ3n) is 5.31. The molecule has 3 aromatic rings. The lowest BCUT2D eigenvalue weighted by atomic mass is 9.89. The maximum absolute atomic E-state index is 14.1. The topological polar surface area (TPSA) is 41.8 Å². The molecule has 0 saturated carbocycles. The zero-order valence-corrected chi connectivity index (χ0v) is 18.6. The molecule has 0 spiro atoms. The zero-order valence-electron chi connectivity index (χ0n) is 18.6. The Kier molecular flexibility index (Phi) is 7.22. The van der Waals surface area contributed by atoms with Gasteiger partial charge < -0.3 is 9.84 Å². The lowest BCUT2D eigenvalue weighted by molar-refractivity contribution is -0.275. The van der Waals surface area contributed by atoms with Crippen molar-refractivity contribution in [1.29, 1.82) is 0 Å². The van der Waals surface area contributed by atoms with E-state index in [2.05, 4.69) is 4.99 Å². The summed E-state index contributed by atoms with van der Waals surface area (Å²) in [5.74, 6) is -0.123. The number of rotatable bonds is 7. The van der Waals surface area contributed by atoms with E-state index in [-0.39, 0.29) is 17.1 Å². The second-order valence-corrected chi connectivity index (χ2v) is 8.07. The summed E-state index contributed by atoms with van der Waals surface area (Å²) < 4.78 is 60.8. The summed E-state index contributed by atoms with van der Waals surface area (Å²) in [6.07, 6.45) is -3.18. The molecular formula is C26H25F4NO2. The molecule has 0 aliphatic carbocycles. The highest BCUT2D eigenvalue weighted by molar-refractivity contribution is 5.82. The van der Waals surface area contributed by atoms with Gasteiger partial charge in [-0.05, 0) is 84.0 Å². The van der Waals surface area contributed by atoms with Crippen LogP contribution in [0.5, 0.6) is 5.75 Å². The molecule has 1 N–H and O–H groups in total. The second-order valence-electron chi connectivity index (χ2n) is 8.07. The number of aryl methyl sites for hydroxylation is 2. The first-order valence-electron chi connectivity index (χ1n) is 10.3. The number of hydrogen-bond donors (Lipinski definition) is 1. The van der Waals surface area contributed by atoms with E-state index < -0.39 is 18.4 Å². The molecule has 1 unspecified atom stereocenters. The number of alkyl halides is 3. The first-order chi connectivity index (χ1) is 15.5. The molecule has 174 valence electrons. The smallest absolute Gasteiger partial charge is 0.424 e. The fourth-order valence-electron chi connectivity index (χ4n) is 3.63. The molecule has 3 nitrogen and oxygen atoms in total. The minimum Gasteiger partial charge on any atom is -0.490 e. The number of aliphatic hydroxyl groups is 1. The molecule has 0 saturated heterocycles. The normalized spacial score (nSPS) is 13.8. The molecule has 33 heavy (non-hydrogen) atoms. The molecule has 0 heterocycles. The maximum atomic E-state index is 14.1. The van der Waals surface area contributed by atoms with Gasteiger partial charge in [0.1, 0.15) is 18.2 Å². The summed E-state index contributed by atoms with van der Waals surface area (Å²) in [5.41, 5.74) is 0.00899. The van der Waals surface area contributed by atoms with E-state index in [4.69, 9.17) is 4.74 Å². The highest BCUT2D eigenvalue weighted by Gasteiger charge is 2.56. The van der Waals surface area contributed by atoms with Crippen molar-refractivity contribution >= 4 is 6.21 Å². The van der Waals surface area contributed by atoms with Crippen LogP contribution in [0, 0.1) is 19.7 Å². The highest BCUT2D eigenvalue weighted by Crippen LogP contribution is 2.40. The van der Waals surface area contributed by atoms with E-state index in [1.165, 1.54) is 43.6 Å². The van der Waals surface area contributed by atoms with Crippen LogP contribution in [0.1, 0.15) is 33.4 Å². The van der Waals surface area contributed by atoms with E-state index >= 15 is 0 Å². The summed E-state index contributed by atoms with van der Waals surface area (Å²) in [4.78, 5) is 3.94. The molecule has 7 heteroatoms. The van der Waals surface area contributed by atoms with Gasteiger partial charge in [-0.15, -0.1) is 0 Å². The van der Waals surface area contributed by atoms with Crippen molar-refractivity contribution in [3.8, 4) is 5.75 Å². The fraction of sp³-hybridized carbons (Fsp3) is 0.269. The molecule has 0 fully saturated rings. The number of hydrogen-bond acceptors (Lipinski definition) is 3. The Labute approximate surface area is 190 Å². The Hall–Kier alpha value is -3.19. The number of aliphatic imine (C=N–C) groups is 1. The van der Waals surface area contributed by atoms with Crippen molar-refractivity contribution in [2.24, 2.45) is 4.99 Å². The minimum atomic E-state index is -4.98. The molecule has 1 atom stereocenters. The van der Waals surface area contributed by atoms with Crippen LogP contribution in [0.25, 0.3) is 0 Å². The fourth-order valence-corrected chi connectivity index (χ4v) is 3.63. The van der Waals surface area contributed by atoms with Crippen LogP contribution >= 0.6 is 0 Å². The van der Waals surface area contributed by atoms with Gasteiger partial charge >= 0.3 is 6.18 Å². The van der Waals surface area contributed by atoms with Crippen molar-refractivity contribution < 1.29 is 27.4 Å². The van der Waals surface area contributed by atoms with E-state index in [0.717, 1.165) is 16.7 Å². The third kappa shape index (κ3) is 5.79. The second kappa shape index (κ2) is 9.75. The molecule has 0 aliphatic rings. The summed E-state index contributed by atoms with van der Waals surface area (Å²) in [5, 5.41) is 10.8. The molecule has 3 rings (SSSR count). The van der Waals surface area contributed by atoms with E-state index in [9.17, 15) is 22.7 Å². The Morgan fingerprint density at radius 2 is 1.58 bits per heavy atom. The Balaban J connectivity index is 1.96. The van der Waals surface area contributed by atoms with E-state index in [0.29, 0.717) is 17.5 Å². The standard InChI is InChI=1S/C26H25F4NO2/c1-17-10-18(2)12-24(11-17)33-16-25(32,26(28,29)30)22-7-6-20(21(14-22)15-31-3)13-19-4-8-23(27)9-5-19/h4-12,14-15,32H,13,16H2,1-3H3. The van der Waals surface area contributed by atoms with Gasteiger partial charge in [-0.25, -0.2) is 4.39 Å². The molecule has 0 bridgehead atoms. The average molecular weight is 459 g/mol. The predicted octanol–water partition coefficient (Wildman–Crippen LogP) is 5.91. The zero-order chi connectivity index (χ0) is 24.2. The van der Waals surface area contributed by atoms with Crippen LogP contribution in [0.15, 0.2) is 65.7 Å². The van der Waals surface area contributed by atoms with E-state index in [1.807, 2.05) is 19.9 Å². The summed E-state index contributed by atoms with van der Waals surface area (Å²) >= 11 is 0. The number of benzene rings is 3. The maximum Gasteiger partial charge on any atom is 0.424 e. The first-order valence-corrected chi connectivity index (χ1v) is 10.3. The Bertz CT molecular complexity index is 1120. The highest BCUT2D eigenvalue weighted by atomic mass is 19.4. The van der Waals surface area contributed by atoms with Crippen molar-refractivity contribution in [2.45, 2.75) is 32.0 Å². The lowest BCUT2D eigenvalue weighted by Crippen LogP contribution is -2.47. The Morgan fingerprint density at radius 1 is 0.939 bits per heavy atom. The summed E-state index contributed by atoms with van der Waals surface area (Å²) in [6.45, 7) is 2.62. The van der Waals surface area contributed by atoms with Crippen molar-refractivity contribution in [3.63, 3.8) is 0 Å². The molecule has 3 aromatic carbocycles. The largest absolute Gasteiger partial charge is 0.490 e. The number of halogens is 4. The monoisotopic (exact) mass is 459 g/mol. The lowest BCUT2D eigenvalue weighted by Gasteiger charge is -2.31. The molecule has 0 aromatic heterocycles. The van der Waals surface area contributed by atoms with Gasteiger partial charge in [0.15, 0.2) is 0 Å². The van der Waals surface area contributed by atoms with Crippen LogP contribution in [0.3, 0.4) is 0 Å². The van der Waals surface area contributed by atoms with Crippen LogP contribution in [0.4, 0.5) is 17.6 Å². The number of nitrogens with zero attached hydrogens (tertiary/aromatic N) is 1. The van der Waals surface area contributed by atoms with Gasteiger partial charge in [-0.2, -0.15) is 13.2 Å². The van der Waals surface area contributed by atoms with Gasteiger partial charge in [0.25, 0.3) is 0 Å². The van der Waals surface area contributed by atoms with Crippen molar-refractivity contribution in [1.82, 2.24) is 0 Å². The van der Waals surface area contributed by atoms with Crippen LogP contribution in [0.2, 0.25) is 0 Å². The summed E-state index contributed by atoms with van der Waals surface area (Å²) in [7, 11) is 1.51. The first kappa shape index (κ1) is 24.5. The predicted molar refractivity (Wildman–Crippen MR) is 121 cm³/mol. The van der Waals surface area contributed by atoms with Gasteiger partial charge in [-0.3, -0.25) is 4.99 Å². The van der Waals surface area contributed by atoms with Gasteiger partial charge in [0.2, 0.25) is 5.60 Å². The Morgan fingerprint density at radius 3 is 2.15 bits per heavy atom. The number of ether oxygens (including phenoxy) is 1. The minimum absolute atomic E-state index is 0.249. The molecule has 0 radical (unpaired) electrons. The molecule has 0 aliphatic heterocycles. The molecule has 0 amide bonds. The van der Waals surface area contributed by atoms with Crippen LogP contribution in [-0.4, -0.2) is 31.2 Å². The third-order valence-corrected chi connectivity index (χ3v) is 5.31. The molecular weight excluding hydrogens is 434 g/mol. The SMILES string of the molecule is CN=Cc1cc(C(O)(COc2cc(C)cc(C)c2)C(F)(F)F)ccc1Cc1ccc(F)cc1. The van der Waals surface area contributed by atoms with Crippen LogP contribution < -0.4 is 4.74 Å². The van der Waals surface area contributed by atoms with Gasteiger partial charge in [0, 0.05) is 13.3 Å². The van der Waals surface area contributed by atoms with Gasteiger partial charge in [-0.1, -0.05) is 30.3 Å². The van der Waals surface area contributed by atoms with Crippen molar-refractivity contribution in [3.05, 3.63) is 99.9 Å². The van der Waals surface area contributed by atoms with E-state index in [1.54, 1.807) is 24.3 Å². The average Bonchev–Trinajstić information content (AvgIpc) is 2.73. The van der Waals surface area contributed by atoms with Crippen LogP contribution in [-0.2, 0) is 12.0 Å². The van der Waals surface area contributed by atoms with Gasteiger partial charge in [0.05, 0.1) is 0 Å². The van der Waals surface area contributed by atoms with Crippen molar-refractivity contribution in [2.75, 3.05) is 13.7 Å². The summed E-state index contributed by atoms with van der Waals surface area (Å²) in [6, 6.07) is 15.0.